The highest BCUT2D eigenvalue weighted by Gasteiger charge is 2.18. The number of rotatable bonds is 4. The van der Waals surface area contributed by atoms with Crippen molar-refractivity contribution in [1.82, 2.24) is 9.47 Å². The average molecular weight is 347 g/mol. The molecule has 0 unspecified atom stereocenters. The van der Waals surface area contributed by atoms with Crippen molar-refractivity contribution in [3.63, 3.8) is 0 Å². The van der Waals surface area contributed by atoms with Crippen LogP contribution in [0.4, 0.5) is 10.5 Å². The molecule has 2 rings (SSSR count). The van der Waals surface area contributed by atoms with Gasteiger partial charge in [-0.3, -0.25) is 9.00 Å². The Balaban J connectivity index is 2.13. The molecule has 128 valence electrons. The summed E-state index contributed by atoms with van der Waals surface area (Å²) in [5, 5.41) is 2.64. The number of amides is 2. The highest BCUT2D eigenvalue weighted by Crippen LogP contribution is 2.20. The van der Waals surface area contributed by atoms with Crippen LogP contribution in [0.1, 0.15) is 18.5 Å². The van der Waals surface area contributed by atoms with Gasteiger partial charge in [-0.15, -0.1) is 0 Å². The van der Waals surface area contributed by atoms with Gasteiger partial charge in [0.2, 0.25) is 0 Å². The molecule has 0 fully saturated rings. The van der Waals surface area contributed by atoms with Gasteiger partial charge in [0.1, 0.15) is 5.69 Å². The molecule has 7 heteroatoms. The van der Waals surface area contributed by atoms with Crippen molar-refractivity contribution in [1.29, 1.82) is 0 Å². The Kier molecular flexibility index (Phi) is 5.56. The second-order valence-corrected chi connectivity index (χ2v) is 6.96. The maximum atomic E-state index is 12.4. The summed E-state index contributed by atoms with van der Waals surface area (Å²) in [5.74, 6) is 0. The molecule has 0 aliphatic carbocycles. The first-order valence-electron chi connectivity index (χ1n) is 7.44. The van der Waals surface area contributed by atoms with Gasteiger partial charge in [-0.1, -0.05) is 12.1 Å². The summed E-state index contributed by atoms with van der Waals surface area (Å²) in [6.45, 7) is 1.89. The molecule has 0 spiro atoms. The van der Waals surface area contributed by atoms with Crippen molar-refractivity contribution in [2.24, 2.45) is 7.05 Å². The molecule has 0 aliphatic heterocycles. The van der Waals surface area contributed by atoms with E-state index in [0.717, 1.165) is 10.5 Å². The molecular formula is C17H21N3O3S. The highest BCUT2D eigenvalue weighted by molar-refractivity contribution is 7.84. The number of carbonyl (C=O) groups excluding carboxylic acids is 1. The molecular weight excluding hydrogens is 326 g/mol. The molecule has 0 bridgehead atoms. The Morgan fingerprint density at radius 3 is 2.46 bits per heavy atom. The minimum Gasteiger partial charge on any atom is -0.321 e. The van der Waals surface area contributed by atoms with Crippen LogP contribution in [0.15, 0.2) is 52.3 Å². The Bertz CT molecular complexity index is 815. The van der Waals surface area contributed by atoms with Crippen molar-refractivity contribution in [2.45, 2.75) is 17.9 Å². The quantitative estimate of drug-likeness (QED) is 0.923. The lowest BCUT2D eigenvalue weighted by molar-refractivity contribution is 0.208. The minimum absolute atomic E-state index is 0.197. The number of carbonyl (C=O) groups is 1. The van der Waals surface area contributed by atoms with Gasteiger partial charge in [0, 0.05) is 42.2 Å². The van der Waals surface area contributed by atoms with E-state index in [2.05, 4.69) is 5.32 Å². The molecule has 2 atom stereocenters. The lowest BCUT2D eigenvalue weighted by Gasteiger charge is -2.25. The standard InChI is InChI=1S/C17H21N3O3S/c1-12(13-7-9-14(10-8-13)24(4)23)20(3)17(22)18-15-6-5-11-19(2)16(15)21/h5-12H,1-4H3,(H,18,22)/t12-,24-/m0/s1. The molecule has 6 nitrogen and oxygen atoms in total. The third-order valence-corrected chi connectivity index (χ3v) is 4.90. The fraction of sp³-hybridized carbons (Fsp3) is 0.294. The summed E-state index contributed by atoms with van der Waals surface area (Å²) < 4.78 is 12.8. The lowest BCUT2D eigenvalue weighted by atomic mass is 10.1. The lowest BCUT2D eigenvalue weighted by Crippen LogP contribution is -2.35. The van der Waals surface area contributed by atoms with Gasteiger partial charge in [0.05, 0.1) is 6.04 Å². The fourth-order valence-electron chi connectivity index (χ4n) is 2.23. The number of benzene rings is 1. The number of hydrogen-bond donors (Lipinski definition) is 1. The van der Waals surface area contributed by atoms with Crippen LogP contribution in [0.25, 0.3) is 0 Å². The van der Waals surface area contributed by atoms with E-state index in [9.17, 15) is 13.8 Å². The van der Waals surface area contributed by atoms with Crippen LogP contribution in [0.2, 0.25) is 0 Å². The summed E-state index contributed by atoms with van der Waals surface area (Å²) in [7, 11) is 2.26. The first-order chi connectivity index (χ1) is 11.3. The second-order valence-electron chi connectivity index (χ2n) is 5.58. The first-order valence-corrected chi connectivity index (χ1v) is 9.00. The number of urea groups is 1. The second kappa shape index (κ2) is 7.44. The third-order valence-electron chi connectivity index (χ3n) is 3.96. The van der Waals surface area contributed by atoms with E-state index in [4.69, 9.17) is 0 Å². The van der Waals surface area contributed by atoms with Crippen LogP contribution in [-0.2, 0) is 17.8 Å². The van der Waals surface area contributed by atoms with Gasteiger partial charge in [-0.05, 0) is 36.8 Å². The van der Waals surface area contributed by atoms with E-state index in [1.165, 1.54) is 9.47 Å². The summed E-state index contributed by atoms with van der Waals surface area (Å²) in [6, 6.07) is 10.0. The number of aromatic nitrogens is 1. The summed E-state index contributed by atoms with van der Waals surface area (Å²) in [6.07, 6.45) is 3.25. The van der Waals surface area contributed by atoms with Crippen LogP contribution >= 0.6 is 0 Å². The molecule has 0 saturated carbocycles. The van der Waals surface area contributed by atoms with Crippen LogP contribution in [0.5, 0.6) is 0 Å². The van der Waals surface area contributed by atoms with E-state index in [1.807, 2.05) is 19.1 Å². The number of aryl methyl sites for hydroxylation is 1. The fourth-order valence-corrected chi connectivity index (χ4v) is 2.75. The zero-order chi connectivity index (χ0) is 17.9. The summed E-state index contributed by atoms with van der Waals surface area (Å²) in [5.41, 5.74) is 0.894. The molecule has 0 radical (unpaired) electrons. The zero-order valence-electron chi connectivity index (χ0n) is 14.1. The van der Waals surface area contributed by atoms with Crippen LogP contribution in [0, 0.1) is 0 Å². The molecule has 2 aromatic rings. The molecule has 1 aromatic carbocycles. The Hall–Kier alpha value is -2.41. The van der Waals surface area contributed by atoms with E-state index < -0.39 is 10.8 Å². The Morgan fingerprint density at radius 2 is 1.88 bits per heavy atom. The smallest absolute Gasteiger partial charge is 0.321 e. The monoisotopic (exact) mass is 347 g/mol. The normalized spacial score (nSPS) is 13.2. The van der Waals surface area contributed by atoms with Gasteiger partial charge in [0.15, 0.2) is 0 Å². The van der Waals surface area contributed by atoms with Crippen molar-refractivity contribution in [3.05, 3.63) is 58.5 Å². The summed E-state index contributed by atoms with van der Waals surface area (Å²) in [4.78, 5) is 26.6. The number of nitrogens with zero attached hydrogens (tertiary/aromatic N) is 2. The Labute approximate surface area is 143 Å². The topological polar surface area (TPSA) is 71.4 Å². The molecule has 1 N–H and O–H groups in total. The van der Waals surface area contributed by atoms with Crippen molar-refractivity contribution < 1.29 is 9.00 Å². The molecule has 24 heavy (non-hydrogen) atoms. The Morgan fingerprint density at radius 1 is 1.25 bits per heavy atom. The minimum atomic E-state index is -1.03. The third kappa shape index (κ3) is 3.91. The van der Waals surface area contributed by atoms with E-state index in [1.54, 1.807) is 50.8 Å². The van der Waals surface area contributed by atoms with Crippen molar-refractivity contribution in [2.75, 3.05) is 18.6 Å². The SMILES string of the molecule is C[C@@H](c1ccc([S@](C)=O)cc1)N(C)C(=O)Nc1cccn(C)c1=O. The summed E-state index contributed by atoms with van der Waals surface area (Å²) >= 11 is 0. The van der Waals surface area contributed by atoms with Gasteiger partial charge in [0.25, 0.3) is 5.56 Å². The molecule has 2 amide bonds. The maximum absolute atomic E-state index is 12.4. The van der Waals surface area contributed by atoms with Gasteiger partial charge >= 0.3 is 6.03 Å². The van der Waals surface area contributed by atoms with Crippen molar-refractivity contribution >= 4 is 22.5 Å². The van der Waals surface area contributed by atoms with Crippen molar-refractivity contribution in [3.8, 4) is 0 Å². The zero-order valence-corrected chi connectivity index (χ0v) is 15.0. The largest absolute Gasteiger partial charge is 0.322 e. The maximum Gasteiger partial charge on any atom is 0.322 e. The molecule has 0 aliphatic rings. The number of anilines is 1. The highest BCUT2D eigenvalue weighted by atomic mass is 32.2. The predicted molar refractivity (Wildman–Crippen MR) is 95.7 cm³/mol. The van der Waals surface area contributed by atoms with Crippen LogP contribution < -0.4 is 10.9 Å². The number of nitrogens with one attached hydrogen (secondary N) is 1. The van der Waals surface area contributed by atoms with Gasteiger partial charge in [-0.2, -0.15) is 0 Å². The van der Waals surface area contributed by atoms with E-state index in [0.29, 0.717) is 0 Å². The predicted octanol–water partition coefficient (Wildman–Crippen LogP) is 2.35. The van der Waals surface area contributed by atoms with E-state index in [-0.39, 0.29) is 23.3 Å². The first kappa shape index (κ1) is 17.9. The number of hydrogen-bond acceptors (Lipinski definition) is 3. The van der Waals surface area contributed by atoms with Gasteiger partial charge in [-0.25, -0.2) is 4.79 Å². The molecule has 1 aromatic heterocycles. The van der Waals surface area contributed by atoms with Crippen LogP contribution in [-0.4, -0.2) is 33.0 Å². The van der Waals surface area contributed by atoms with E-state index >= 15 is 0 Å². The van der Waals surface area contributed by atoms with Crippen LogP contribution in [0.3, 0.4) is 0 Å². The number of pyridine rings is 1. The molecule has 1 heterocycles. The molecule has 0 saturated heterocycles. The van der Waals surface area contributed by atoms with Gasteiger partial charge < -0.3 is 14.8 Å². The average Bonchev–Trinajstić information content (AvgIpc) is 2.57.